The SMILES string of the molecule is CC(CN)CC(=O)N1CC2CCCN2CC1C. The van der Waals surface area contributed by atoms with Gasteiger partial charge in [-0.15, -0.1) is 0 Å². The molecule has 98 valence electrons. The predicted molar refractivity (Wildman–Crippen MR) is 68.6 cm³/mol. The average Bonchev–Trinajstić information content (AvgIpc) is 2.74. The summed E-state index contributed by atoms with van der Waals surface area (Å²) in [5, 5.41) is 0. The molecule has 0 aromatic heterocycles. The first-order valence-electron chi connectivity index (χ1n) is 6.85. The number of piperazine rings is 1. The first-order valence-corrected chi connectivity index (χ1v) is 6.85. The van der Waals surface area contributed by atoms with Crippen LogP contribution in [-0.4, -0.2) is 54.0 Å². The Labute approximate surface area is 104 Å². The normalized spacial score (nSPS) is 31.4. The van der Waals surface area contributed by atoms with Crippen molar-refractivity contribution in [2.45, 2.75) is 45.2 Å². The molecule has 2 saturated heterocycles. The molecule has 2 N–H and O–H groups in total. The summed E-state index contributed by atoms with van der Waals surface area (Å²) in [5.74, 6) is 0.596. The third-order valence-electron chi connectivity index (χ3n) is 4.18. The van der Waals surface area contributed by atoms with E-state index in [1.807, 2.05) is 6.92 Å². The Morgan fingerprint density at radius 1 is 1.47 bits per heavy atom. The van der Waals surface area contributed by atoms with Crippen molar-refractivity contribution in [3.05, 3.63) is 0 Å². The van der Waals surface area contributed by atoms with Crippen LogP contribution < -0.4 is 5.73 Å². The molecule has 17 heavy (non-hydrogen) atoms. The van der Waals surface area contributed by atoms with Gasteiger partial charge in [-0.2, -0.15) is 0 Å². The lowest BCUT2D eigenvalue weighted by atomic mass is 10.0. The van der Waals surface area contributed by atoms with Crippen LogP contribution >= 0.6 is 0 Å². The summed E-state index contributed by atoms with van der Waals surface area (Å²) in [6.07, 6.45) is 3.15. The fraction of sp³-hybridized carbons (Fsp3) is 0.923. The van der Waals surface area contributed by atoms with E-state index < -0.39 is 0 Å². The lowest BCUT2D eigenvalue weighted by Gasteiger charge is -2.42. The summed E-state index contributed by atoms with van der Waals surface area (Å²) < 4.78 is 0. The first-order chi connectivity index (χ1) is 8.11. The Morgan fingerprint density at radius 2 is 2.24 bits per heavy atom. The lowest BCUT2D eigenvalue weighted by Crippen LogP contribution is -2.57. The minimum Gasteiger partial charge on any atom is -0.337 e. The number of carbonyl (C=O) groups is 1. The molecule has 1 amide bonds. The zero-order valence-corrected chi connectivity index (χ0v) is 11.1. The van der Waals surface area contributed by atoms with E-state index in [9.17, 15) is 4.79 Å². The van der Waals surface area contributed by atoms with Crippen molar-refractivity contribution in [3.63, 3.8) is 0 Å². The van der Waals surface area contributed by atoms with Crippen LogP contribution in [0.1, 0.15) is 33.1 Å². The van der Waals surface area contributed by atoms with Crippen molar-refractivity contribution in [1.29, 1.82) is 0 Å². The van der Waals surface area contributed by atoms with Crippen LogP contribution in [0.4, 0.5) is 0 Å². The molecule has 2 fully saturated rings. The van der Waals surface area contributed by atoms with Gasteiger partial charge in [0.1, 0.15) is 0 Å². The van der Waals surface area contributed by atoms with Gasteiger partial charge >= 0.3 is 0 Å². The molecule has 3 atom stereocenters. The number of nitrogens with zero attached hydrogens (tertiary/aromatic N) is 2. The fourth-order valence-corrected chi connectivity index (χ4v) is 3.03. The fourth-order valence-electron chi connectivity index (χ4n) is 3.03. The highest BCUT2D eigenvalue weighted by Crippen LogP contribution is 2.25. The summed E-state index contributed by atoms with van der Waals surface area (Å²) in [4.78, 5) is 16.8. The highest BCUT2D eigenvalue weighted by atomic mass is 16.2. The van der Waals surface area contributed by atoms with Gasteiger partial charge in [-0.25, -0.2) is 0 Å². The molecule has 2 aliphatic rings. The number of nitrogens with two attached hydrogens (primary N) is 1. The van der Waals surface area contributed by atoms with Crippen LogP contribution in [-0.2, 0) is 4.79 Å². The van der Waals surface area contributed by atoms with Gasteiger partial charge in [0.25, 0.3) is 0 Å². The topological polar surface area (TPSA) is 49.6 Å². The summed E-state index contributed by atoms with van der Waals surface area (Å²) in [5.41, 5.74) is 5.59. The zero-order chi connectivity index (χ0) is 12.4. The molecule has 0 bridgehead atoms. The Bertz CT molecular complexity index is 282. The molecule has 0 spiro atoms. The molecule has 2 aliphatic heterocycles. The predicted octanol–water partition coefficient (Wildman–Crippen LogP) is 0.666. The third-order valence-corrected chi connectivity index (χ3v) is 4.18. The van der Waals surface area contributed by atoms with E-state index >= 15 is 0 Å². The summed E-state index contributed by atoms with van der Waals surface area (Å²) in [6, 6.07) is 0.977. The molecule has 0 saturated carbocycles. The number of rotatable bonds is 3. The van der Waals surface area contributed by atoms with Crippen LogP contribution in [0, 0.1) is 5.92 Å². The van der Waals surface area contributed by atoms with Gasteiger partial charge in [0.15, 0.2) is 0 Å². The maximum atomic E-state index is 12.2. The molecule has 4 nitrogen and oxygen atoms in total. The maximum Gasteiger partial charge on any atom is 0.223 e. The minimum absolute atomic E-state index is 0.294. The number of fused-ring (bicyclic) bond motifs is 1. The van der Waals surface area contributed by atoms with E-state index in [0.29, 0.717) is 36.9 Å². The molecule has 4 heteroatoms. The van der Waals surface area contributed by atoms with Crippen LogP contribution in [0.25, 0.3) is 0 Å². The van der Waals surface area contributed by atoms with Crippen LogP contribution in [0.5, 0.6) is 0 Å². The number of carbonyl (C=O) groups excluding carboxylic acids is 1. The Hall–Kier alpha value is -0.610. The Kier molecular flexibility index (Phi) is 4.05. The Morgan fingerprint density at radius 3 is 2.94 bits per heavy atom. The van der Waals surface area contributed by atoms with E-state index in [1.54, 1.807) is 0 Å². The van der Waals surface area contributed by atoms with Gasteiger partial charge in [-0.05, 0) is 38.8 Å². The van der Waals surface area contributed by atoms with Gasteiger partial charge < -0.3 is 10.6 Å². The number of hydrogen-bond acceptors (Lipinski definition) is 3. The highest BCUT2D eigenvalue weighted by Gasteiger charge is 2.36. The van der Waals surface area contributed by atoms with Gasteiger partial charge in [0.05, 0.1) is 0 Å². The number of hydrogen-bond donors (Lipinski definition) is 1. The lowest BCUT2D eigenvalue weighted by molar-refractivity contribution is -0.137. The van der Waals surface area contributed by atoms with Crippen molar-refractivity contribution >= 4 is 5.91 Å². The monoisotopic (exact) mass is 239 g/mol. The standard InChI is InChI=1S/C13H25N3O/c1-10(7-14)6-13(17)16-9-12-4-3-5-15(12)8-11(16)2/h10-12H,3-9,14H2,1-2H3. The average molecular weight is 239 g/mol. The van der Waals surface area contributed by atoms with Crippen LogP contribution in [0.15, 0.2) is 0 Å². The Balaban J connectivity index is 1.93. The van der Waals surface area contributed by atoms with Gasteiger partial charge in [0, 0.05) is 31.6 Å². The van der Waals surface area contributed by atoms with Crippen LogP contribution in [0.3, 0.4) is 0 Å². The van der Waals surface area contributed by atoms with E-state index in [4.69, 9.17) is 5.73 Å². The summed E-state index contributed by atoms with van der Waals surface area (Å²) in [6.45, 7) is 8.01. The van der Waals surface area contributed by atoms with E-state index in [0.717, 1.165) is 13.1 Å². The molecular weight excluding hydrogens is 214 g/mol. The van der Waals surface area contributed by atoms with E-state index in [1.165, 1.54) is 19.4 Å². The molecule has 2 heterocycles. The van der Waals surface area contributed by atoms with Crippen molar-refractivity contribution < 1.29 is 4.79 Å². The zero-order valence-electron chi connectivity index (χ0n) is 11.1. The van der Waals surface area contributed by atoms with Gasteiger partial charge in [0.2, 0.25) is 5.91 Å². The second-order valence-electron chi connectivity index (χ2n) is 5.73. The van der Waals surface area contributed by atoms with Gasteiger partial charge in [-0.3, -0.25) is 9.69 Å². The molecule has 2 rings (SSSR count). The maximum absolute atomic E-state index is 12.2. The largest absolute Gasteiger partial charge is 0.337 e. The summed E-state index contributed by atoms with van der Waals surface area (Å²) >= 11 is 0. The molecule has 0 aliphatic carbocycles. The van der Waals surface area contributed by atoms with Crippen molar-refractivity contribution in [2.24, 2.45) is 11.7 Å². The van der Waals surface area contributed by atoms with Crippen LogP contribution in [0.2, 0.25) is 0 Å². The van der Waals surface area contributed by atoms with E-state index in [-0.39, 0.29) is 0 Å². The molecule has 0 aromatic carbocycles. The van der Waals surface area contributed by atoms with Crippen molar-refractivity contribution in [2.75, 3.05) is 26.2 Å². The summed E-state index contributed by atoms with van der Waals surface area (Å²) in [7, 11) is 0. The van der Waals surface area contributed by atoms with Crippen molar-refractivity contribution in [3.8, 4) is 0 Å². The second kappa shape index (κ2) is 5.36. The van der Waals surface area contributed by atoms with E-state index in [2.05, 4.69) is 16.7 Å². The second-order valence-corrected chi connectivity index (χ2v) is 5.73. The smallest absolute Gasteiger partial charge is 0.223 e. The minimum atomic E-state index is 0.294. The highest BCUT2D eigenvalue weighted by molar-refractivity contribution is 5.77. The molecule has 0 radical (unpaired) electrons. The quantitative estimate of drug-likeness (QED) is 0.787. The van der Waals surface area contributed by atoms with Crippen molar-refractivity contribution in [1.82, 2.24) is 9.80 Å². The third kappa shape index (κ3) is 2.80. The van der Waals surface area contributed by atoms with Gasteiger partial charge in [-0.1, -0.05) is 6.92 Å². The molecular formula is C13H25N3O. The number of amides is 1. The first kappa shape index (κ1) is 12.8. The molecule has 3 unspecified atom stereocenters. The molecule has 0 aromatic rings.